The molecule has 4 rings (SSSR count). The van der Waals surface area contributed by atoms with Crippen molar-refractivity contribution in [1.29, 1.82) is 0 Å². The Morgan fingerprint density at radius 1 is 1.03 bits per heavy atom. The number of rotatable bonds is 6. The maximum Gasteiger partial charge on any atom is 0.261 e. The standard InChI is InChI=1S/C24H24FN3O3S/c1-28-14-2-3-19-15-17(4-13-23(19)28)16-26-24(29)18-5-11-22(12-6-18)32(30,31)27-21-9-7-20(25)8-10-21/h4-13,15,27H,2-3,14,16H2,1H3,(H,26,29). The first kappa shape index (κ1) is 21.8. The highest BCUT2D eigenvalue weighted by Gasteiger charge is 2.16. The molecule has 2 N–H and O–H groups in total. The van der Waals surface area contributed by atoms with Gasteiger partial charge in [-0.1, -0.05) is 12.1 Å². The molecule has 1 heterocycles. The van der Waals surface area contributed by atoms with E-state index in [9.17, 15) is 17.6 Å². The molecule has 3 aromatic carbocycles. The molecule has 1 aliphatic rings. The van der Waals surface area contributed by atoms with Gasteiger partial charge in [0.05, 0.1) is 4.90 Å². The summed E-state index contributed by atoms with van der Waals surface area (Å²) in [6, 6.07) is 16.9. The summed E-state index contributed by atoms with van der Waals surface area (Å²) in [5.74, 6) is -0.735. The fraction of sp³-hybridized carbons (Fsp3) is 0.208. The van der Waals surface area contributed by atoms with Crippen molar-refractivity contribution in [1.82, 2.24) is 5.32 Å². The molecule has 1 aliphatic heterocycles. The zero-order chi connectivity index (χ0) is 22.7. The van der Waals surface area contributed by atoms with Gasteiger partial charge in [-0.3, -0.25) is 9.52 Å². The summed E-state index contributed by atoms with van der Waals surface area (Å²) >= 11 is 0. The number of hydrogen-bond acceptors (Lipinski definition) is 4. The van der Waals surface area contributed by atoms with Crippen molar-refractivity contribution in [2.75, 3.05) is 23.2 Å². The van der Waals surface area contributed by atoms with Crippen LogP contribution in [0.4, 0.5) is 15.8 Å². The minimum Gasteiger partial charge on any atom is -0.374 e. The number of carbonyl (C=O) groups is 1. The number of nitrogens with one attached hydrogen (secondary N) is 2. The Hall–Kier alpha value is -3.39. The number of hydrogen-bond donors (Lipinski definition) is 2. The van der Waals surface area contributed by atoms with E-state index in [0.29, 0.717) is 12.1 Å². The number of anilines is 2. The number of amides is 1. The van der Waals surface area contributed by atoms with Crippen LogP contribution >= 0.6 is 0 Å². The predicted molar refractivity (Wildman–Crippen MR) is 123 cm³/mol. The Morgan fingerprint density at radius 3 is 2.47 bits per heavy atom. The molecule has 0 unspecified atom stereocenters. The summed E-state index contributed by atoms with van der Waals surface area (Å²) in [6.07, 6.45) is 2.15. The first-order chi connectivity index (χ1) is 15.3. The third kappa shape index (κ3) is 4.91. The second-order valence-electron chi connectivity index (χ2n) is 7.81. The van der Waals surface area contributed by atoms with Crippen LogP contribution in [0.5, 0.6) is 0 Å². The van der Waals surface area contributed by atoms with Crippen molar-refractivity contribution in [2.24, 2.45) is 0 Å². The third-order valence-electron chi connectivity index (χ3n) is 5.47. The number of carbonyl (C=O) groups excluding carboxylic acids is 1. The van der Waals surface area contributed by atoms with Crippen molar-refractivity contribution < 1.29 is 17.6 Å². The molecule has 0 saturated heterocycles. The van der Waals surface area contributed by atoms with Gasteiger partial charge in [-0.15, -0.1) is 0 Å². The van der Waals surface area contributed by atoms with Gasteiger partial charge in [0.2, 0.25) is 0 Å². The van der Waals surface area contributed by atoms with Gasteiger partial charge in [0.25, 0.3) is 15.9 Å². The minimum absolute atomic E-state index is 0.0113. The van der Waals surface area contributed by atoms with Gasteiger partial charge in [-0.05, 0) is 78.6 Å². The fourth-order valence-corrected chi connectivity index (χ4v) is 4.81. The van der Waals surface area contributed by atoms with E-state index < -0.39 is 15.8 Å². The Morgan fingerprint density at radius 2 is 1.75 bits per heavy atom. The van der Waals surface area contributed by atoms with Gasteiger partial charge in [0, 0.05) is 37.1 Å². The van der Waals surface area contributed by atoms with Crippen molar-refractivity contribution in [2.45, 2.75) is 24.3 Å². The fourth-order valence-electron chi connectivity index (χ4n) is 3.75. The summed E-state index contributed by atoms with van der Waals surface area (Å²) in [4.78, 5) is 14.8. The summed E-state index contributed by atoms with van der Waals surface area (Å²) in [7, 11) is -1.76. The van der Waals surface area contributed by atoms with Crippen molar-refractivity contribution in [3.63, 3.8) is 0 Å². The molecule has 8 heteroatoms. The van der Waals surface area contributed by atoms with E-state index in [-0.39, 0.29) is 16.5 Å². The zero-order valence-corrected chi connectivity index (χ0v) is 18.5. The zero-order valence-electron chi connectivity index (χ0n) is 17.6. The lowest BCUT2D eigenvalue weighted by atomic mass is 9.99. The topological polar surface area (TPSA) is 78.5 Å². The molecule has 1 amide bonds. The number of fused-ring (bicyclic) bond motifs is 1. The molecule has 32 heavy (non-hydrogen) atoms. The highest BCUT2D eigenvalue weighted by molar-refractivity contribution is 7.92. The van der Waals surface area contributed by atoms with E-state index in [2.05, 4.69) is 34.1 Å². The lowest BCUT2D eigenvalue weighted by Gasteiger charge is -2.27. The second kappa shape index (κ2) is 9.00. The lowest BCUT2D eigenvalue weighted by molar-refractivity contribution is 0.0951. The van der Waals surface area contributed by atoms with E-state index in [1.807, 2.05) is 6.07 Å². The molecule has 3 aromatic rings. The van der Waals surface area contributed by atoms with Crippen LogP contribution in [0.2, 0.25) is 0 Å². The first-order valence-electron chi connectivity index (χ1n) is 10.3. The second-order valence-corrected chi connectivity index (χ2v) is 9.49. The Balaban J connectivity index is 1.39. The molecular formula is C24H24FN3O3S. The Bertz CT molecular complexity index is 1230. The van der Waals surface area contributed by atoms with Crippen LogP contribution in [0.3, 0.4) is 0 Å². The highest BCUT2D eigenvalue weighted by atomic mass is 32.2. The van der Waals surface area contributed by atoms with E-state index in [0.717, 1.165) is 24.9 Å². The maximum absolute atomic E-state index is 13.0. The number of halogens is 1. The van der Waals surface area contributed by atoms with Gasteiger partial charge in [-0.25, -0.2) is 12.8 Å². The quantitative estimate of drug-likeness (QED) is 0.593. The first-order valence-corrected chi connectivity index (χ1v) is 11.8. The smallest absolute Gasteiger partial charge is 0.261 e. The largest absolute Gasteiger partial charge is 0.374 e. The molecule has 0 atom stereocenters. The van der Waals surface area contributed by atoms with Crippen molar-refractivity contribution in [3.8, 4) is 0 Å². The third-order valence-corrected chi connectivity index (χ3v) is 6.87. The van der Waals surface area contributed by atoms with Gasteiger partial charge in [0.1, 0.15) is 5.82 Å². The monoisotopic (exact) mass is 453 g/mol. The Labute approximate surface area is 187 Å². The summed E-state index contributed by atoms with van der Waals surface area (Å²) in [6.45, 7) is 1.44. The van der Waals surface area contributed by atoms with Gasteiger partial charge < -0.3 is 10.2 Å². The van der Waals surface area contributed by atoms with E-state index in [1.165, 1.54) is 59.8 Å². The summed E-state index contributed by atoms with van der Waals surface area (Å²) in [5, 5.41) is 2.88. The van der Waals surface area contributed by atoms with E-state index in [1.54, 1.807) is 0 Å². The number of aryl methyl sites for hydroxylation is 1. The van der Waals surface area contributed by atoms with Crippen LogP contribution in [0, 0.1) is 5.82 Å². The number of sulfonamides is 1. The molecule has 0 spiro atoms. The van der Waals surface area contributed by atoms with Crippen LogP contribution in [0.25, 0.3) is 0 Å². The molecule has 0 bridgehead atoms. The normalized spacial score (nSPS) is 13.4. The van der Waals surface area contributed by atoms with Crippen LogP contribution in [0.1, 0.15) is 27.9 Å². The highest BCUT2D eigenvalue weighted by Crippen LogP contribution is 2.26. The van der Waals surface area contributed by atoms with Crippen LogP contribution in [0.15, 0.2) is 71.6 Å². The Kier molecular flexibility index (Phi) is 6.14. The van der Waals surface area contributed by atoms with E-state index in [4.69, 9.17) is 0 Å². The lowest BCUT2D eigenvalue weighted by Crippen LogP contribution is -2.25. The average molecular weight is 454 g/mol. The van der Waals surface area contributed by atoms with Crippen molar-refractivity contribution in [3.05, 3.63) is 89.2 Å². The van der Waals surface area contributed by atoms with Crippen LogP contribution in [-0.4, -0.2) is 27.9 Å². The van der Waals surface area contributed by atoms with Crippen LogP contribution in [-0.2, 0) is 23.0 Å². The maximum atomic E-state index is 13.0. The van der Waals surface area contributed by atoms with Crippen LogP contribution < -0.4 is 14.9 Å². The average Bonchev–Trinajstić information content (AvgIpc) is 2.79. The molecule has 0 saturated carbocycles. The van der Waals surface area contributed by atoms with E-state index >= 15 is 0 Å². The molecular weight excluding hydrogens is 429 g/mol. The van der Waals surface area contributed by atoms with Gasteiger partial charge >= 0.3 is 0 Å². The summed E-state index contributed by atoms with van der Waals surface area (Å²) in [5.41, 5.74) is 4.16. The summed E-state index contributed by atoms with van der Waals surface area (Å²) < 4.78 is 40.4. The molecule has 0 aromatic heterocycles. The molecule has 0 radical (unpaired) electrons. The predicted octanol–water partition coefficient (Wildman–Crippen LogP) is 3.94. The molecule has 6 nitrogen and oxygen atoms in total. The van der Waals surface area contributed by atoms with Gasteiger partial charge in [0.15, 0.2) is 0 Å². The SMILES string of the molecule is CN1CCCc2cc(CNC(=O)c3ccc(S(=O)(=O)Nc4ccc(F)cc4)cc3)ccc21. The van der Waals surface area contributed by atoms with Gasteiger partial charge in [-0.2, -0.15) is 0 Å². The molecule has 0 fully saturated rings. The molecule has 0 aliphatic carbocycles. The number of benzene rings is 3. The molecule has 166 valence electrons. The number of nitrogens with zero attached hydrogens (tertiary/aromatic N) is 1. The van der Waals surface area contributed by atoms with Crippen molar-refractivity contribution >= 4 is 27.3 Å². The minimum atomic E-state index is -3.85.